The monoisotopic (exact) mass is 328 g/mol. The second-order valence-electron chi connectivity index (χ2n) is 4.87. The molecule has 0 N–H and O–H groups in total. The number of fused-ring (bicyclic) bond motifs is 5. The third-order valence-corrected chi connectivity index (χ3v) is 7.17. The second kappa shape index (κ2) is 3.81. The van der Waals surface area contributed by atoms with Crippen molar-refractivity contribution in [2.75, 3.05) is 14.2 Å². The Hall–Kier alpha value is 0.560. The highest BCUT2D eigenvalue weighted by Crippen LogP contribution is 2.75. The lowest BCUT2D eigenvalue weighted by Crippen LogP contribution is -2.57. The van der Waals surface area contributed by atoms with E-state index >= 15 is 0 Å². The maximum absolute atomic E-state index is 6.81. The molecule has 1 fully saturated rings. The molecule has 4 atom stereocenters. The highest BCUT2D eigenvalue weighted by molar-refractivity contribution is 6.52. The van der Waals surface area contributed by atoms with Crippen molar-refractivity contribution in [3.63, 3.8) is 0 Å². The average molecular weight is 330 g/mol. The summed E-state index contributed by atoms with van der Waals surface area (Å²) in [4.78, 5) is -2.10. The number of hydrogen-bond acceptors (Lipinski definition) is 2. The molecule has 0 amide bonds. The molecule has 0 aromatic carbocycles. The Morgan fingerprint density at radius 3 is 2.22 bits per heavy atom. The molecule has 3 aliphatic carbocycles. The van der Waals surface area contributed by atoms with Gasteiger partial charge < -0.3 is 9.47 Å². The Balaban J connectivity index is 2.32. The number of alkyl halides is 2. The van der Waals surface area contributed by atoms with E-state index in [0.29, 0.717) is 10.1 Å². The van der Waals surface area contributed by atoms with Crippen LogP contribution in [0.5, 0.6) is 0 Å². The van der Waals surface area contributed by atoms with Gasteiger partial charge in [0.05, 0.1) is 10.1 Å². The van der Waals surface area contributed by atoms with E-state index in [0.717, 1.165) is 6.42 Å². The second-order valence-corrected chi connectivity index (χ2v) is 6.82. The van der Waals surface area contributed by atoms with Gasteiger partial charge in [-0.25, -0.2) is 0 Å². The molecular weight excluding hydrogens is 318 g/mol. The lowest BCUT2D eigenvalue weighted by atomic mass is 9.84. The summed E-state index contributed by atoms with van der Waals surface area (Å²) in [6.45, 7) is 0. The number of allylic oxidation sites excluding steroid dienone is 2. The Morgan fingerprint density at radius 1 is 1.11 bits per heavy atom. The first-order chi connectivity index (χ1) is 8.41. The van der Waals surface area contributed by atoms with Gasteiger partial charge in [0, 0.05) is 26.1 Å². The minimum atomic E-state index is -1.24. The maximum Gasteiger partial charge on any atom is 0.218 e. The van der Waals surface area contributed by atoms with Crippen LogP contribution in [0.3, 0.4) is 0 Å². The van der Waals surface area contributed by atoms with Crippen LogP contribution in [0.25, 0.3) is 0 Å². The molecule has 2 nitrogen and oxygen atoms in total. The van der Waals surface area contributed by atoms with Gasteiger partial charge in [0.1, 0.15) is 9.75 Å². The van der Waals surface area contributed by atoms with E-state index in [-0.39, 0.29) is 11.8 Å². The van der Waals surface area contributed by atoms with Crippen LogP contribution in [-0.2, 0) is 9.47 Å². The third-order valence-electron chi connectivity index (χ3n) is 4.50. The van der Waals surface area contributed by atoms with E-state index in [1.165, 1.54) is 14.2 Å². The van der Waals surface area contributed by atoms with Gasteiger partial charge in [-0.05, 0) is 6.42 Å². The lowest BCUT2D eigenvalue weighted by molar-refractivity contribution is -0.220. The minimum Gasteiger partial charge on any atom is -0.350 e. The number of ether oxygens (including phenoxy) is 2. The molecule has 0 aromatic heterocycles. The molecule has 3 rings (SSSR count). The first-order valence-electron chi connectivity index (χ1n) is 5.62. The zero-order valence-corrected chi connectivity index (χ0v) is 12.9. The molecule has 0 heterocycles. The fraction of sp³-hybridized carbons (Fsp3) is 0.667. The normalized spacial score (nSPS) is 48.1. The van der Waals surface area contributed by atoms with Crippen LogP contribution in [0.2, 0.25) is 0 Å². The van der Waals surface area contributed by atoms with Crippen molar-refractivity contribution in [1.29, 1.82) is 0 Å². The highest BCUT2D eigenvalue weighted by Gasteiger charge is 2.84. The van der Waals surface area contributed by atoms with Crippen molar-refractivity contribution in [3.8, 4) is 0 Å². The van der Waals surface area contributed by atoms with Crippen LogP contribution in [0.1, 0.15) is 6.42 Å². The van der Waals surface area contributed by atoms with Crippen molar-refractivity contribution < 1.29 is 9.47 Å². The van der Waals surface area contributed by atoms with E-state index in [4.69, 9.17) is 55.9 Å². The third kappa shape index (κ3) is 1.02. The van der Waals surface area contributed by atoms with Crippen molar-refractivity contribution >= 4 is 46.4 Å². The highest BCUT2D eigenvalue weighted by atomic mass is 35.5. The Labute approximate surface area is 126 Å². The van der Waals surface area contributed by atoms with Crippen LogP contribution in [0.15, 0.2) is 22.2 Å². The zero-order valence-electron chi connectivity index (χ0n) is 9.84. The van der Waals surface area contributed by atoms with Gasteiger partial charge >= 0.3 is 0 Å². The van der Waals surface area contributed by atoms with Crippen molar-refractivity contribution in [2.45, 2.75) is 22.0 Å². The summed E-state index contributed by atoms with van der Waals surface area (Å²) in [7, 11) is 3.03. The molecule has 0 unspecified atom stereocenters. The molecule has 18 heavy (non-hydrogen) atoms. The van der Waals surface area contributed by atoms with Gasteiger partial charge in [-0.2, -0.15) is 0 Å². The summed E-state index contributed by atoms with van der Waals surface area (Å²) < 4.78 is 11.2. The summed E-state index contributed by atoms with van der Waals surface area (Å²) in [5.74, 6) is -1.24. The van der Waals surface area contributed by atoms with Crippen molar-refractivity contribution in [3.05, 3.63) is 22.2 Å². The Morgan fingerprint density at radius 2 is 1.67 bits per heavy atom. The SMILES string of the molecule is COC1(OC)[C@@]2(Cl)C(Cl)=C(Cl)[C@]1(Cl)[C@@H]1C=CC[C@@H]12. The van der Waals surface area contributed by atoms with Gasteiger partial charge in [0.2, 0.25) is 5.79 Å². The summed E-state index contributed by atoms with van der Waals surface area (Å²) in [6.07, 6.45) is 4.87. The fourth-order valence-corrected chi connectivity index (χ4v) is 6.00. The van der Waals surface area contributed by atoms with E-state index in [1.807, 2.05) is 6.08 Å². The number of hydrogen-bond donors (Lipinski definition) is 0. The zero-order chi connectivity index (χ0) is 13.3. The number of halogens is 4. The van der Waals surface area contributed by atoms with Gasteiger partial charge in [-0.3, -0.25) is 0 Å². The molecule has 0 aliphatic heterocycles. The van der Waals surface area contributed by atoms with Gasteiger partial charge in [-0.1, -0.05) is 35.4 Å². The predicted molar refractivity (Wildman–Crippen MR) is 73.4 cm³/mol. The molecule has 0 radical (unpaired) electrons. The molecule has 3 aliphatic rings. The van der Waals surface area contributed by atoms with E-state index in [1.54, 1.807) is 0 Å². The molecule has 1 saturated carbocycles. The summed E-state index contributed by atoms with van der Waals surface area (Å²) in [5, 5.41) is 0.673. The molecular formula is C12H12Cl4O2. The van der Waals surface area contributed by atoms with Crippen molar-refractivity contribution in [2.24, 2.45) is 11.8 Å². The average Bonchev–Trinajstić information content (AvgIpc) is 2.94. The molecule has 0 saturated heterocycles. The summed E-state index contributed by atoms with van der Waals surface area (Å²) in [5.41, 5.74) is 0. The standard InChI is InChI=1S/C12H12Cl4O2/c1-17-12(18-2)10(15)6-4-3-5-7(6)11(12,16)9(14)8(10)13/h3-4,6-7H,5H2,1-2H3/t6-,7+,10-,11+/m1/s1. The Bertz CT molecular complexity index is 471. The predicted octanol–water partition coefficient (Wildman–Crippen LogP) is 3.84. The molecule has 0 aromatic rings. The van der Waals surface area contributed by atoms with Crippen LogP contribution >= 0.6 is 46.4 Å². The van der Waals surface area contributed by atoms with Gasteiger partial charge in [0.25, 0.3) is 0 Å². The molecule has 100 valence electrons. The first kappa shape index (κ1) is 13.5. The number of rotatable bonds is 2. The maximum atomic E-state index is 6.81. The minimum absolute atomic E-state index is 0.0339. The molecule has 2 bridgehead atoms. The first-order valence-corrected chi connectivity index (χ1v) is 7.14. The van der Waals surface area contributed by atoms with Crippen molar-refractivity contribution in [1.82, 2.24) is 0 Å². The summed E-state index contributed by atoms with van der Waals surface area (Å²) in [6, 6.07) is 0. The topological polar surface area (TPSA) is 18.5 Å². The van der Waals surface area contributed by atoms with Gasteiger partial charge in [0.15, 0.2) is 0 Å². The van der Waals surface area contributed by atoms with E-state index in [9.17, 15) is 0 Å². The summed E-state index contributed by atoms with van der Waals surface area (Å²) >= 11 is 26.3. The Kier molecular flexibility index (Phi) is 2.86. The van der Waals surface area contributed by atoms with Crippen LogP contribution < -0.4 is 0 Å². The van der Waals surface area contributed by atoms with E-state index < -0.39 is 15.5 Å². The number of methoxy groups -OCH3 is 2. The van der Waals surface area contributed by atoms with Crippen LogP contribution in [0, 0.1) is 11.8 Å². The molecule has 0 spiro atoms. The molecule has 6 heteroatoms. The van der Waals surface area contributed by atoms with Crippen LogP contribution in [0.4, 0.5) is 0 Å². The lowest BCUT2D eigenvalue weighted by Gasteiger charge is -2.41. The van der Waals surface area contributed by atoms with Gasteiger partial charge in [-0.15, -0.1) is 23.2 Å². The largest absolute Gasteiger partial charge is 0.350 e. The smallest absolute Gasteiger partial charge is 0.218 e. The van der Waals surface area contributed by atoms with Crippen LogP contribution in [-0.4, -0.2) is 29.8 Å². The quantitative estimate of drug-likeness (QED) is 0.435. The van der Waals surface area contributed by atoms with E-state index in [2.05, 4.69) is 6.08 Å². The fourth-order valence-electron chi connectivity index (χ4n) is 3.80.